The molecular formula is C12H13N3O3S2. The van der Waals surface area contributed by atoms with Crippen LogP contribution < -0.4 is 4.72 Å². The Hall–Kier alpha value is -1.66. The normalized spacial score (nSPS) is 11.1. The lowest BCUT2D eigenvalue weighted by atomic mass is 10.2. The summed E-state index contributed by atoms with van der Waals surface area (Å²) in [7, 11) is -2.03. The minimum Gasteiger partial charge on any atom is -0.384 e. The topological polar surface area (TPSA) is 84.2 Å². The summed E-state index contributed by atoms with van der Waals surface area (Å²) in [5.74, 6) is 5.33. The summed E-state index contributed by atoms with van der Waals surface area (Å²) in [5, 5.41) is 14.5. The van der Waals surface area contributed by atoms with Gasteiger partial charge in [0.25, 0.3) is 10.0 Å². The van der Waals surface area contributed by atoms with E-state index in [1.54, 1.807) is 13.1 Å². The van der Waals surface area contributed by atoms with Gasteiger partial charge in [-0.3, -0.25) is 4.68 Å². The van der Waals surface area contributed by atoms with Crippen LogP contribution in [0.25, 0.3) is 0 Å². The molecule has 0 amide bonds. The number of hydrogen-bond acceptors (Lipinski definition) is 5. The Bertz CT molecular complexity index is 750. The molecule has 0 aromatic carbocycles. The van der Waals surface area contributed by atoms with E-state index in [1.807, 2.05) is 5.38 Å². The highest BCUT2D eigenvalue weighted by Gasteiger charge is 2.18. The molecule has 0 spiro atoms. The Kier molecular flexibility index (Phi) is 4.57. The second-order valence-corrected chi connectivity index (χ2v) is 6.55. The fourth-order valence-corrected chi connectivity index (χ4v) is 3.56. The quantitative estimate of drug-likeness (QED) is 0.796. The van der Waals surface area contributed by atoms with Crippen molar-refractivity contribution >= 4 is 21.4 Å². The molecule has 0 fully saturated rings. The third-order valence-electron chi connectivity index (χ3n) is 2.52. The highest BCUT2D eigenvalue weighted by atomic mass is 32.2. The fraction of sp³-hybridized carbons (Fsp3) is 0.250. The third kappa shape index (κ3) is 3.26. The van der Waals surface area contributed by atoms with Crippen molar-refractivity contribution in [3.63, 3.8) is 0 Å². The molecule has 0 saturated carbocycles. The number of nitrogens with one attached hydrogen (secondary N) is 1. The van der Waals surface area contributed by atoms with Crippen molar-refractivity contribution in [2.45, 2.75) is 11.6 Å². The van der Waals surface area contributed by atoms with E-state index in [2.05, 4.69) is 21.7 Å². The molecule has 0 aliphatic carbocycles. The molecule has 106 valence electrons. The molecule has 2 rings (SSSR count). The average Bonchev–Trinajstić information content (AvgIpc) is 3.02. The van der Waals surface area contributed by atoms with Crippen LogP contribution in [0.15, 0.2) is 28.7 Å². The van der Waals surface area contributed by atoms with Crippen LogP contribution in [-0.4, -0.2) is 29.9 Å². The fourth-order valence-electron chi connectivity index (χ4n) is 1.58. The number of sulfonamides is 1. The van der Waals surface area contributed by atoms with Crippen LogP contribution >= 0.6 is 11.3 Å². The molecule has 6 nitrogen and oxygen atoms in total. The van der Waals surface area contributed by atoms with Crippen molar-refractivity contribution in [3.05, 3.63) is 34.2 Å². The van der Waals surface area contributed by atoms with E-state index < -0.39 is 10.0 Å². The number of aliphatic hydroxyl groups is 1. The van der Waals surface area contributed by atoms with Crippen molar-refractivity contribution in [1.29, 1.82) is 0 Å². The first kappa shape index (κ1) is 14.7. The summed E-state index contributed by atoms with van der Waals surface area (Å²) in [6, 6.07) is 3.23. The standard InChI is InChI=1S/C12H13N3O3S2/c1-15-12(4-6-13-15)20(17,18)14-9-11-10(3-2-7-16)5-8-19-11/h4-6,8,14,16H,7,9H2,1H3. The van der Waals surface area contributed by atoms with Gasteiger partial charge in [-0.25, -0.2) is 13.1 Å². The second kappa shape index (κ2) is 6.19. The maximum Gasteiger partial charge on any atom is 0.258 e. The molecule has 0 unspecified atom stereocenters. The first-order chi connectivity index (χ1) is 9.54. The van der Waals surface area contributed by atoms with Crippen LogP contribution in [0.4, 0.5) is 0 Å². The van der Waals surface area contributed by atoms with Crippen molar-refractivity contribution < 1.29 is 13.5 Å². The molecule has 2 aromatic heterocycles. The maximum atomic E-state index is 12.1. The molecule has 0 aliphatic heterocycles. The largest absolute Gasteiger partial charge is 0.384 e. The summed E-state index contributed by atoms with van der Waals surface area (Å²) in [6.45, 7) is -0.0728. The lowest BCUT2D eigenvalue weighted by Gasteiger charge is -2.06. The van der Waals surface area contributed by atoms with Crippen molar-refractivity contribution in [2.24, 2.45) is 7.05 Å². The molecule has 2 heterocycles. The molecule has 0 bridgehead atoms. The smallest absolute Gasteiger partial charge is 0.258 e. The summed E-state index contributed by atoms with van der Waals surface area (Å²) < 4.78 is 28.0. The first-order valence-electron chi connectivity index (χ1n) is 5.68. The third-order valence-corrected chi connectivity index (χ3v) is 4.92. The number of aliphatic hydroxyl groups excluding tert-OH is 1. The van der Waals surface area contributed by atoms with Crippen LogP contribution in [0.1, 0.15) is 10.4 Å². The summed E-state index contributed by atoms with van der Waals surface area (Å²) in [5.41, 5.74) is 0.719. The van der Waals surface area contributed by atoms with Gasteiger partial charge in [-0.1, -0.05) is 11.8 Å². The summed E-state index contributed by atoms with van der Waals surface area (Å²) >= 11 is 1.41. The van der Waals surface area contributed by atoms with Crippen LogP contribution in [0.3, 0.4) is 0 Å². The Morgan fingerprint density at radius 2 is 2.30 bits per heavy atom. The Balaban J connectivity index is 2.13. The number of aryl methyl sites for hydroxylation is 1. The zero-order valence-corrected chi connectivity index (χ0v) is 12.3. The molecular weight excluding hydrogens is 298 g/mol. The minimum atomic E-state index is -3.60. The molecule has 0 radical (unpaired) electrons. The summed E-state index contributed by atoms with van der Waals surface area (Å²) in [4.78, 5) is 0.802. The lowest BCUT2D eigenvalue weighted by Crippen LogP contribution is -2.25. The highest BCUT2D eigenvalue weighted by molar-refractivity contribution is 7.89. The Morgan fingerprint density at radius 1 is 1.50 bits per heavy atom. The first-order valence-corrected chi connectivity index (χ1v) is 8.04. The van der Waals surface area contributed by atoms with Crippen molar-refractivity contribution in [1.82, 2.24) is 14.5 Å². The van der Waals surface area contributed by atoms with Crippen molar-refractivity contribution in [3.8, 4) is 11.8 Å². The van der Waals surface area contributed by atoms with Crippen molar-refractivity contribution in [2.75, 3.05) is 6.61 Å². The van der Waals surface area contributed by atoms with Gasteiger partial charge in [0.05, 0.1) is 6.20 Å². The number of rotatable bonds is 4. The zero-order valence-electron chi connectivity index (χ0n) is 10.7. The monoisotopic (exact) mass is 311 g/mol. The van der Waals surface area contributed by atoms with Crippen LogP contribution in [0.5, 0.6) is 0 Å². The summed E-state index contributed by atoms with van der Waals surface area (Å²) in [6.07, 6.45) is 1.43. The van der Waals surface area contributed by atoms with E-state index in [1.165, 1.54) is 28.3 Å². The molecule has 0 atom stereocenters. The highest BCUT2D eigenvalue weighted by Crippen LogP contribution is 2.16. The van der Waals surface area contributed by atoms with E-state index in [-0.39, 0.29) is 18.2 Å². The van der Waals surface area contributed by atoms with Gasteiger partial charge in [-0.2, -0.15) is 5.10 Å². The maximum absolute atomic E-state index is 12.1. The van der Waals surface area contributed by atoms with Gasteiger partial charge < -0.3 is 5.11 Å². The SMILES string of the molecule is Cn1nccc1S(=O)(=O)NCc1sccc1C#CCO. The number of thiophene rings is 1. The van der Waals surface area contributed by atoms with Gasteiger partial charge >= 0.3 is 0 Å². The Morgan fingerprint density at radius 3 is 2.95 bits per heavy atom. The minimum absolute atomic E-state index is 0.108. The zero-order chi connectivity index (χ0) is 14.6. The number of nitrogens with zero attached hydrogens (tertiary/aromatic N) is 2. The van der Waals surface area contributed by atoms with Gasteiger partial charge in [0.2, 0.25) is 0 Å². The van der Waals surface area contributed by atoms with Gasteiger partial charge in [0, 0.05) is 24.0 Å². The molecule has 2 N–H and O–H groups in total. The Labute approximate surface area is 121 Å². The van der Waals surface area contributed by atoms with Gasteiger partial charge in [0.1, 0.15) is 6.61 Å². The molecule has 8 heteroatoms. The number of hydrogen-bond donors (Lipinski definition) is 2. The van der Waals surface area contributed by atoms with Crippen LogP contribution in [0.2, 0.25) is 0 Å². The molecule has 2 aromatic rings. The molecule has 0 aliphatic rings. The van der Waals surface area contributed by atoms with Crippen LogP contribution in [0, 0.1) is 11.8 Å². The van der Waals surface area contributed by atoms with Gasteiger partial charge in [0.15, 0.2) is 5.03 Å². The van der Waals surface area contributed by atoms with Gasteiger partial charge in [-0.05, 0) is 17.5 Å². The average molecular weight is 311 g/mol. The number of aromatic nitrogens is 2. The van der Waals surface area contributed by atoms with E-state index in [0.717, 1.165) is 10.4 Å². The molecule has 0 saturated heterocycles. The van der Waals surface area contributed by atoms with E-state index >= 15 is 0 Å². The van der Waals surface area contributed by atoms with Gasteiger partial charge in [-0.15, -0.1) is 11.3 Å². The second-order valence-electron chi connectivity index (χ2n) is 3.83. The van der Waals surface area contributed by atoms with E-state index in [4.69, 9.17) is 5.11 Å². The van der Waals surface area contributed by atoms with E-state index in [9.17, 15) is 8.42 Å². The van der Waals surface area contributed by atoms with Crippen LogP contribution in [-0.2, 0) is 23.6 Å². The van der Waals surface area contributed by atoms with E-state index in [0.29, 0.717) is 0 Å². The molecule has 20 heavy (non-hydrogen) atoms. The lowest BCUT2D eigenvalue weighted by molar-refractivity contribution is 0.350. The predicted molar refractivity (Wildman–Crippen MR) is 75.5 cm³/mol. The predicted octanol–water partition coefficient (Wildman–Crippen LogP) is 0.304.